The number of phenolic OH excluding ortho intramolecular Hbond substituents is 1. The van der Waals surface area contributed by atoms with Crippen molar-refractivity contribution in [1.29, 1.82) is 0 Å². The molecule has 1 aromatic carbocycles. The first-order chi connectivity index (χ1) is 17.6. The second-order valence-corrected chi connectivity index (χ2v) is 9.61. The number of aromatic nitrogens is 1. The van der Waals surface area contributed by atoms with Gasteiger partial charge in [-0.15, -0.1) is 0 Å². The number of rotatable bonds is 6. The zero-order valence-electron chi connectivity index (χ0n) is 20.1. The van der Waals surface area contributed by atoms with E-state index in [2.05, 4.69) is 15.6 Å². The van der Waals surface area contributed by atoms with Gasteiger partial charge in [-0.25, -0.2) is 9.37 Å². The molecule has 0 unspecified atom stereocenters. The molecule has 11 heteroatoms. The van der Waals surface area contributed by atoms with Gasteiger partial charge in [0.25, 0.3) is 11.8 Å². The van der Waals surface area contributed by atoms with Crippen LogP contribution >= 0.6 is 0 Å². The Morgan fingerprint density at radius 1 is 0.892 bits per heavy atom. The summed E-state index contributed by atoms with van der Waals surface area (Å²) in [5.41, 5.74) is -1.45. The topological polar surface area (TPSA) is 101 Å². The molecule has 2 fully saturated rings. The van der Waals surface area contributed by atoms with E-state index in [1.807, 2.05) is 0 Å². The summed E-state index contributed by atoms with van der Waals surface area (Å²) >= 11 is 0. The van der Waals surface area contributed by atoms with Crippen LogP contribution in [0.25, 0.3) is 0 Å². The van der Waals surface area contributed by atoms with E-state index < -0.39 is 40.7 Å². The lowest BCUT2D eigenvalue weighted by molar-refractivity contribution is -0.137. The Hall–Kier alpha value is -3.37. The van der Waals surface area contributed by atoms with Crippen molar-refractivity contribution < 1.29 is 37.0 Å². The summed E-state index contributed by atoms with van der Waals surface area (Å²) < 4.78 is 58.7. The summed E-state index contributed by atoms with van der Waals surface area (Å²) in [4.78, 5) is 29.5. The van der Waals surface area contributed by atoms with Crippen LogP contribution in [0.2, 0.25) is 0 Å². The van der Waals surface area contributed by atoms with Crippen LogP contribution in [-0.4, -0.2) is 40.1 Å². The number of hydrogen-bond donors (Lipinski definition) is 3. The standard InChI is InChI=1S/C26H29F4N3O4/c27-16-13-21(25(31-14-16)37-19-4-2-1-3-5-19)24(36)33-18-9-7-17(8-10-18)32-23(35)20-12-15(26(28,29)30)6-11-22(20)34/h6,11-14,17-19,34H,1-5,7-10H2,(H,32,35)(H,33,36). The van der Waals surface area contributed by atoms with Crippen LogP contribution in [0.1, 0.15) is 84.1 Å². The molecule has 2 aliphatic rings. The van der Waals surface area contributed by atoms with E-state index in [4.69, 9.17) is 4.74 Å². The Kier molecular flexibility index (Phi) is 8.19. The number of alkyl halides is 3. The highest BCUT2D eigenvalue weighted by Gasteiger charge is 2.32. The van der Waals surface area contributed by atoms with Crippen LogP contribution in [0.3, 0.4) is 0 Å². The average molecular weight is 524 g/mol. The van der Waals surface area contributed by atoms with Gasteiger partial charge in [0.2, 0.25) is 5.88 Å². The Bertz CT molecular complexity index is 1130. The minimum atomic E-state index is -4.64. The molecule has 0 radical (unpaired) electrons. The zero-order valence-corrected chi connectivity index (χ0v) is 20.1. The maximum absolute atomic E-state index is 13.9. The third-order valence-electron chi connectivity index (χ3n) is 6.86. The molecule has 2 amide bonds. The molecule has 0 atom stereocenters. The largest absolute Gasteiger partial charge is 0.507 e. The number of pyridine rings is 1. The maximum atomic E-state index is 13.9. The van der Waals surface area contributed by atoms with E-state index in [9.17, 15) is 32.3 Å². The quantitative estimate of drug-likeness (QED) is 0.456. The van der Waals surface area contributed by atoms with Crippen molar-refractivity contribution in [1.82, 2.24) is 15.6 Å². The molecule has 1 heterocycles. The number of ether oxygens (including phenoxy) is 1. The maximum Gasteiger partial charge on any atom is 0.416 e. The van der Waals surface area contributed by atoms with Crippen molar-refractivity contribution in [3.05, 3.63) is 53.0 Å². The SMILES string of the molecule is O=C(NC1CCC(NC(=O)c2cc(F)cnc2OC2CCCCC2)CC1)c1cc(C(F)(F)F)ccc1O. The van der Waals surface area contributed by atoms with Crippen molar-refractivity contribution in [2.75, 3.05) is 0 Å². The number of nitrogens with one attached hydrogen (secondary N) is 2. The average Bonchev–Trinajstić information content (AvgIpc) is 2.86. The zero-order chi connectivity index (χ0) is 26.6. The number of carbonyl (C=O) groups is 2. The van der Waals surface area contributed by atoms with Gasteiger partial charge in [0.15, 0.2) is 0 Å². The Labute approximate surface area is 211 Å². The molecule has 7 nitrogen and oxygen atoms in total. The normalized spacial score (nSPS) is 20.8. The lowest BCUT2D eigenvalue weighted by atomic mass is 9.90. The molecule has 2 aromatic rings. The van der Waals surface area contributed by atoms with E-state index >= 15 is 0 Å². The third kappa shape index (κ3) is 6.90. The lowest BCUT2D eigenvalue weighted by Crippen LogP contribution is -2.44. The molecule has 2 aliphatic carbocycles. The fraction of sp³-hybridized carbons (Fsp3) is 0.500. The molecule has 0 saturated heterocycles. The first-order valence-corrected chi connectivity index (χ1v) is 12.4. The second kappa shape index (κ2) is 11.4. The van der Waals surface area contributed by atoms with Gasteiger partial charge < -0.3 is 20.5 Å². The van der Waals surface area contributed by atoms with Gasteiger partial charge in [-0.2, -0.15) is 13.2 Å². The molecule has 0 aliphatic heterocycles. The summed E-state index contributed by atoms with van der Waals surface area (Å²) in [5.74, 6) is -2.38. The molecular formula is C26H29F4N3O4. The van der Waals surface area contributed by atoms with Gasteiger partial charge in [-0.1, -0.05) is 6.42 Å². The molecule has 4 rings (SSSR count). The van der Waals surface area contributed by atoms with Crippen LogP contribution in [-0.2, 0) is 6.18 Å². The highest BCUT2D eigenvalue weighted by molar-refractivity contribution is 5.97. The van der Waals surface area contributed by atoms with E-state index in [-0.39, 0.29) is 29.6 Å². The number of nitrogens with zero attached hydrogens (tertiary/aromatic N) is 1. The number of amides is 2. The smallest absolute Gasteiger partial charge is 0.416 e. The molecule has 3 N–H and O–H groups in total. The van der Waals surface area contributed by atoms with Crippen molar-refractivity contribution in [3.8, 4) is 11.6 Å². The van der Waals surface area contributed by atoms with Gasteiger partial charge in [-0.05, 0) is 75.6 Å². The van der Waals surface area contributed by atoms with E-state index in [1.165, 1.54) is 0 Å². The van der Waals surface area contributed by atoms with Crippen LogP contribution in [0, 0.1) is 5.82 Å². The van der Waals surface area contributed by atoms with Crippen LogP contribution in [0.5, 0.6) is 11.6 Å². The summed E-state index contributed by atoms with van der Waals surface area (Å²) in [6, 6.07) is 2.70. The molecule has 0 bridgehead atoms. The van der Waals surface area contributed by atoms with Crippen molar-refractivity contribution in [2.45, 2.75) is 82.2 Å². The number of halogens is 4. The van der Waals surface area contributed by atoms with E-state index in [0.29, 0.717) is 37.8 Å². The number of phenols is 1. The molecule has 37 heavy (non-hydrogen) atoms. The first kappa shape index (κ1) is 26.7. The van der Waals surface area contributed by atoms with Crippen molar-refractivity contribution in [3.63, 3.8) is 0 Å². The minimum absolute atomic E-state index is 0.0287. The number of aromatic hydroxyl groups is 1. The number of benzene rings is 1. The van der Waals surface area contributed by atoms with E-state index in [1.54, 1.807) is 0 Å². The van der Waals surface area contributed by atoms with Gasteiger partial charge in [0.05, 0.1) is 17.3 Å². The third-order valence-corrected chi connectivity index (χ3v) is 6.86. The highest BCUT2D eigenvalue weighted by atomic mass is 19.4. The predicted molar refractivity (Wildman–Crippen MR) is 126 cm³/mol. The first-order valence-electron chi connectivity index (χ1n) is 12.4. The lowest BCUT2D eigenvalue weighted by Gasteiger charge is -2.30. The monoisotopic (exact) mass is 523 g/mol. The molecule has 0 spiro atoms. The fourth-order valence-electron chi connectivity index (χ4n) is 4.83. The fourth-order valence-corrected chi connectivity index (χ4v) is 4.83. The van der Waals surface area contributed by atoms with Crippen molar-refractivity contribution in [2.24, 2.45) is 0 Å². The molecule has 1 aromatic heterocycles. The Morgan fingerprint density at radius 3 is 2.08 bits per heavy atom. The summed E-state index contributed by atoms with van der Waals surface area (Å²) in [7, 11) is 0. The van der Waals surface area contributed by atoms with Gasteiger partial charge in [-0.3, -0.25) is 9.59 Å². The summed E-state index contributed by atoms with van der Waals surface area (Å²) in [5, 5.41) is 15.4. The predicted octanol–water partition coefficient (Wildman–Crippen LogP) is 5.13. The van der Waals surface area contributed by atoms with Gasteiger partial charge in [0.1, 0.15) is 23.2 Å². The number of hydrogen-bond acceptors (Lipinski definition) is 5. The molecule has 2 saturated carbocycles. The van der Waals surface area contributed by atoms with Crippen molar-refractivity contribution >= 4 is 11.8 Å². The van der Waals surface area contributed by atoms with Crippen LogP contribution in [0.15, 0.2) is 30.5 Å². The van der Waals surface area contributed by atoms with Gasteiger partial charge >= 0.3 is 6.18 Å². The highest BCUT2D eigenvalue weighted by Crippen LogP contribution is 2.32. The van der Waals surface area contributed by atoms with Crippen LogP contribution in [0.4, 0.5) is 17.6 Å². The Balaban J connectivity index is 1.32. The molecule has 200 valence electrons. The second-order valence-electron chi connectivity index (χ2n) is 9.61. The van der Waals surface area contributed by atoms with Gasteiger partial charge in [0, 0.05) is 12.1 Å². The van der Waals surface area contributed by atoms with Crippen LogP contribution < -0.4 is 15.4 Å². The minimum Gasteiger partial charge on any atom is -0.507 e. The Morgan fingerprint density at radius 2 is 1.49 bits per heavy atom. The summed E-state index contributed by atoms with van der Waals surface area (Å²) in [6.45, 7) is 0. The summed E-state index contributed by atoms with van der Waals surface area (Å²) in [6.07, 6.45) is 3.13. The molecular weight excluding hydrogens is 494 g/mol. The van der Waals surface area contributed by atoms with E-state index in [0.717, 1.165) is 50.4 Å². The number of carbonyl (C=O) groups excluding carboxylic acids is 2.